The van der Waals surface area contributed by atoms with Gasteiger partial charge in [-0.3, -0.25) is 5.10 Å². The number of alkyl halides is 3. The molecule has 1 saturated carbocycles. The normalized spacial score (nSPS) is 14.9. The molecule has 0 saturated heterocycles. The number of nitrogens with one attached hydrogen (secondary N) is 1. The number of H-pyrrole nitrogens is 1. The lowest BCUT2D eigenvalue weighted by atomic mass is 9.73. The summed E-state index contributed by atoms with van der Waals surface area (Å²) in [4.78, 5) is 18.8. The van der Waals surface area contributed by atoms with E-state index in [1.807, 2.05) is 0 Å². The summed E-state index contributed by atoms with van der Waals surface area (Å²) in [6.07, 6.45) is 0.494. The topological polar surface area (TPSA) is 101 Å². The molecule has 4 aromatic rings. The first kappa shape index (κ1) is 26.1. The van der Waals surface area contributed by atoms with Gasteiger partial charge < -0.3 is 9.84 Å². The lowest BCUT2D eigenvalue weighted by Gasteiger charge is -2.32. The fraction of sp³-hybridized carbons (Fsp3) is 0.214. The molecule has 0 aliphatic heterocycles. The van der Waals surface area contributed by atoms with Crippen LogP contribution in [0.5, 0.6) is 6.01 Å². The van der Waals surface area contributed by atoms with E-state index in [1.54, 1.807) is 42.5 Å². The number of rotatable bonds is 7. The summed E-state index contributed by atoms with van der Waals surface area (Å²) in [6, 6.07) is 11.4. The fourth-order valence-electron chi connectivity index (χ4n) is 4.63. The van der Waals surface area contributed by atoms with Gasteiger partial charge in [0.05, 0.1) is 23.7 Å². The molecule has 0 atom stereocenters. The van der Waals surface area contributed by atoms with E-state index in [-0.39, 0.29) is 23.0 Å². The van der Waals surface area contributed by atoms with E-state index in [2.05, 4.69) is 20.2 Å². The molecule has 1 aliphatic carbocycles. The molecule has 0 spiro atoms. The van der Waals surface area contributed by atoms with Crippen molar-refractivity contribution in [3.8, 4) is 6.01 Å². The Morgan fingerprint density at radius 1 is 1.13 bits per heavy atom. The van der Waals surface area contributed by atoms with E-state index < -0.39 is 23.7 Å². The number of allylic oxidation sites excluding steroid dienone is 1. The zero-order valence-corrected chi connectivity index (χ0v) is 20.6. The smallest absolute Gasteiger partial charge is 0.419 e. The number of carbonyl (C=O) groups is 1. The monoisotopic (exact) mass is 538 g/mol. The van der Waals surface area contributed by atoms with Gasteiger partial charge in [-0.1, -0.05) is 36.8 Å². The minimum absolute atomic E-state index is 0.190. The van der Waals surface area contributed by atoms with Crippen LogP contribution >= 0.6 is 0 Å². The van der Waals surface area contributed by atoms with Crippen LogP contribution in [0.2, 0.25) is 0 Å². The Hall–Kier alpha value is -4.54. The molecule has 11 heteroatoms. The molecule has 7 nitrogen and oxygen atoms in total. The van der Waals surface area contributed by atoms with Crippen molar-refractivity contribution in [2.45, 2.75) is 25.4 Å². The largest absolute Gasteiger partial charge is 0.478 e. The van der Waals surface area contributed by atoms with Crippen molar-refractivity contribution < 1.29 is 32.2 Å². The van der Waals surface area contributed by atoms with E-state index in [1.165, 1.54) is 13.2 Å². The first-order valence-electron chi connectivity index (χ1n) is 12.0. The second-order valence-electron chi connectivity index (χ2n) is 9.10. The van der Waals surface area contributed by atoms with Crippen LogP contribution in [0.3, 0.4) is 0 Å². The van der Waals surface area contributed by atoms with Gasteiger partial charge in [0.2, 0.25) is 5.95 Å². The van der Waals surface area contributed by atoms with Crippen LogP contribution < -0.4 is 4.74 Å². The van der Waals surface area contributed by atoms with Gasteiger partial charge in [-0.15, -0.1) is 5.10 Å². The number of methoxy groups -OCH3 is 1. The Balaban J connectivity index is 1.83. The molecule has 2 heterocycles. The highest BCUT2D eigenvalue weighted by molar-refractivity contribution is 6.01. The third-order valence-electron chi connectivity index (χ3n) is 6.72. The van der Waals surface area contributed by atoms with E-state index in [0.29, 0.717) is 46.2 Å². The summed E-state index contributed by atoms with van der Waals surface area (Å²) < 4.78 is 62.3. The predicted molar refractivity (Wildman–Crippen MR) is 136 cm³/mol. The number of aromatic amines is 1. The number of nitrogens with zero attached hydrogens (tertiary/aromatic N) is 3. The Morgan fingerprint density at radius 2 is 1.85 bits per heavy atom. The summed E-state index contributed by atoms with van der Waals surface area (Å²) in [5, 5.41) is 15.3. The third-order valence-corrected chi connectivity index (χ3v) is 6.72. The fourth-order valence-corrected chi connectivity index (χ4v) is 4.63. The molecular weight excluding hydrogens is 516 g/mol. The highest BCUT2D eigenvalue weighted by Crippen LogP contribution is 2.48. The third kappa shape index (κ3) is 5.25. The second-order valence-corrected chi connectivity index (χ2v) is 9.10. The Morgan fingerprint density at radius 3 is 2.46 bits per heavy atom. The lowest BCUT2D eigenvalue weighted by Crippen LogP contribution is -2.20. The van der Waals surface area contributed by atoms with Crippen molar-refractivity contribution in [3.05, 3.63) is 88.6 Å². The second kappa shape index (κ2) is 10.3. The SMILES string of the molecule is COc1ncc(C(F)(F)F)c(C(=C(c2ccc(C=CC(=O)O)cc2)c2ccc3[nH]nc(F)c3c2)C2CCC2)n1. The van der Waals surface area contributed by atoms with Crippen molar-refractivity contribution in [2.24, 2.45) is 5.92 Å². The summed E-state index contributed by atoms with van der Waals surface area (Å²) >= 11 is 0. The molecule has 0 unspecified atom stereocenters. The Labute approximate surface area is 219 Å². The van der Waals surface area contributed by atoms with Crippen LogP contribution in [-0.4, -0.2) is 38.4 Å². The molecule has 2 aromatic carbocycles. The molecule has 39 heavy (non-hydrogen) atoms. The van der Waals surface area contributed by atoms with Crippen molar-refractivity contribution in [1.82, 2.24) is 20.2 Å². The van der Waals surface area contributed by atoms with Crippen LogP contribution in [0.15, 0.2) is 54.7 Å². The minimum Gasteiger partial charge on any atom is -0.478 e. The average Bonchev–Trinajstić information content (AvgIpc) is 3.25. The van der Waals surface area contributed by atoms with Gasteiger partial charge in [0, 0.05) is 12.3 Å². The molecule has 0 amide bonds. The number of carboxylic acid groups (broad SMARTS) is 1. The van der Waals surface area contributed by atoms with Gasteiger partial charge in [-0.05, 0) is 64.8 Å². The highest BCUT2D eigenvalue weighted by Gasteiger charge is 2.39. The number of carboxylic acids is 1. The van der Waals surface area contributed by atoms with Gasteiger partial charge in [-0.25, -0.2) is 9.78 Å². The quantitative estimate of drug-likeness (QED) is 0.209. The molecule has 0 radical (unpaired) electrons. The van der Waals surface area contributed by atoms with Crippen molar-refractivity contribution in [2.75, 3.05) is 7.11 Å². The van der Waals surface area contributed by atoms with E-state index in [4.69, 9.17) is 9.84 Å². The molecule has 200 valence electrons. The molecule has 5 rings (SSSR count). The summed E-state index contributed by atoms with van der Waals surface area (Å²) in [5.74, 6) is -2.10. The average molecular weight is 539 g/mol. The maximum absolute atomic E-state index is 14.5. The van der Waals surface area contributed by atoms with Crippen LogP contribution in [0.1, 0.15) is 47.2 Å². The van der Waals surface area contributed by atoms with Gasteiger partial charge in [0.25, 0.3) is 0 Å². The number of hydrogen-bond donors (Lipinski definition) is 2. The number of ether oxygens (including phenoxy) is 1. The molecule has 2 aromatic heterocycles. The number of halogens is 4. The maximum Gasteiger partial charge on any atom is 0.419 e. The molecule has 1 fully saturated rings. The zero-order chi connectivity index (χ0) is 27.7. The van der Waals surface area contributed by atoms with E-state index in [9.17, 15) is 22.4 Å². The summed E-state index contributed by atoms with van der Waals surface area (Å²) in [7, 11) is 1.28. The van der Waals surface area contributed by atoms with Crippen molar-refractivity contribution >= 4 is 34.1 Å². The summed E-state index contributed by atoms with van der Waals surface area (Å²) in [5.41, 5.74) is 1.56. The first-order valence-corrected chi connectivity index (χ1v) is 12.0. The van der Waals surface area contributed by atoms with E-state index in [0.717, 1.165) is 18.7 Å². The summed E-state index contributed by atoms with van der Waals surface area (Å²) in [6.45, 7) is 0. The number of hydrogen-bond acceptors (Lipinski definition) is 5. The molecule has 2 N–H and O–H groups in total. The number of aromatic nitrogens is 4. The van der Waals surface area contributed by atoms with Crippen molar-refractivity contribution in [1.29, 1.82) is 0 Å². The standard InChI is InChI=1S/C28H22F4N4O3/c1-39-27-33-14-20(28(30,31)32)25(34-27)24(16-3-2-4-16)23(17-8-5-15(6-9-17)7-12-22(37)38)18-10-11-21-19(13-18)26(29)36-35-21/h5-14,16H,2-4H2,1H3,(H,35,36)(H,37,38). The lowest BCUT2D eigenvalue weighted by molar-refractivity contribution is -0.138. The first-order chi connectivity index (χ1) is 18.7. The van der Waals surface area contributed by atoms with Crippen molar-refractivity contribution in [3.63, 3.8) is 0 Å². The molecular formula is C28H22F4N4O3. The van der Waals surface area contributed by atoms with Gasteiger partial charge in [-0.2, -0.15) is 22.5 Å². The minimum atomic E-state index is -4.74. The highest BCUT2D eigenvalue weighted by atomic mass is 19.4. The van der Waals surface area contributed by atoms with Gasteiger partial charge in [0.1, 0.15) is 5.56 Å². The van der Waals surface area contributed by atoms with Crippen LogP contribution in [0.25, 0.3) is 28.1 Å². The Bertz CT molecular complexity index is 1600. The maximum atomic E-state index is 14.5. The van der Waals surface area contributed by atoms with E-state index >= 15 is 0 Å². The number of aliphatic carboxylic acids is 1. The van der Waals surface area contributed by atoms with Crippen LogP contribution in [-0.2, 0) is 11.0 Å². The Kier molecular flexibility index (Phi) is 6.90. The van der Waals surface area contributed by atoms with Crippen LogP contribution in [0, 0.1) is 11.9 Å². The predicted octanol–water partition coefficient (Wildman–Crippen LogP) is 6.38. The van der Waals surface area contributed by atoms with Gasteiger partial charge in [0.15, 0.2) is 0 Å². The molecule has 0 bridgehead atoms. The number of benzene rings is 2. The number of fused-ring (bicyclic) bond motifs is 1. The zero-order valence-electron chi connectivity index (χ0n) is 20.6. The van der Waals surface area contributed by atoms with Crippen LogP contribution in [0.4, 0.5) is 17.6 Å². The molecule has 1 aliphatic rings. The van der Waals surface area contributed by atoms with Gasteiger partial charge >= 0.3 is 18.2 Å².